The summed E-state index contributed by atoms with van der Waals surface area (Å²) < 4.78 is 12.4. The molecule has 2 aromatic rings. The van der Waals surface area contributed by atoms with Crippen LogP contribution in [0.2, 0.25) is 0 Å². The quantitative estimate of drug-likeness (QED) is 0.704. The molecule has 1 aromatic carbocycles. The van der Waals surface area contributed by atoms with Crippen molar-refractivity contribution in [2.45, 2.75) is 46.1 Å². The fraction of sp³-hybridized carbons (Fsp3) is 0.519. The van der Waals surface area contributed by atoms with Gasteiger partial charge in [0.05, 0.1) is 13.2 Å². The Morgan fingerprint density at radius 2 is 1.94 bits per heavy atom. The number of nitrogens with zero attached hydrogens (tertiary/aromatic N) is 3. The van der Waals surface area contributed by atoms with Gasteiger partial charge in [-0.1, -0.05) is 32.0 Å². The Kier molecular flexibility index (Phi) is 8.23. The number of amides is 2. The molecular weight excluding hydrogens is 444 g/mol. The fourth-order valence-electron chi connectivity index (χ4n) is 4.51. The first-order valence-corrected chi connectivity index (χ1v) is 12.5. The molecule has 4 rings (SSSR count). The van der Waals surface area contributed by atoms with E-state index in [0.717, 1.165) is 37.9 Å². The number of para-hydroxylation sites is 2. The van der Waals surface area contributed by atoms with Gasteiger partial charge in [0.15, 0.2) is 11.5 Å². The Hall–Kier alpha value is -3.13. The Labute approximate surface area is 207 Å². The molecule has 0 unspecified atom stereocenters. The minimum absolute atomic E-state index is 0.0253. The predicted molar refractivity (Wildman–Crippen MR) is 133 cm³/mol. The van der Waals surface area contributed by atoms with Crippen LogP contribution in [-0.2, 0) is 16.1 Å². The number of likely N-dealkylation sites (tertiary alicyclic amines) is 1. The molecule has 1 saturated heterocycles. The van der Waals surface area contributed by atoms with E-state index in [4.69, 9.17) is 9.47 Å². The molecule has 0 aliphatic carbocycles. The van der Waals surface area contributed by atoms with E-state index in [9.17, 15) is 9.59 Å². The van der Waals surface area contributed by atoms with Gasteiger partial charge in [-0.05, 0) is 49.4 Å². The highest BCUT2D eigenvalue weighted by atomic mass is 16.5. The molecule has 0 radical (unpaired) electrons. The molecule has 2 amide bonds. The van der Waals surface area contributed by atoms with Crippen LogP contribution in [0.1, 0.15) is 45.1 Å². The zero-order chi connectivity index (χ0) is 24.7. The molecule has 35 heavy (non-hydrogen) atoms. The average Bonchev–Trinajstić information content (AvgIpc) is 3.24. The number of benzene rings is 1. The lowest BCUT2D eigenvalue weighted by Gasteiger charge is -2.27. The Bertz CT molecular complexity index is 1030. The molecule has 3 heterocycles. The molecule has 0 bridgehead atoms. The first-order valence-electron chi connectivity index (χ1n) is 12.5. The van der Waals surface area contributed by atoms with Gasteiger partial charge in [0, 0.05) is 44.4 Å². The monoisotopic (exact) mass is 480 g/mol. The second-order valence-electron chi connectivity index (χ2n) is 10.1. The molecule has 8 nitrogen and oxygen atoms in total. The number of rotatable bonds is 5. The molecule has 0 atom stereocenters. The maximum Gasteiger partial charge on any atom is 0.234 e. The van der Waals surface area contributed by atoms with Crippen molar-refractivity contribution in [2.75, 3.05) is 39.3 Å². The first kappa shape index (κ1) is 25.0. The van der Waals surface area contributed by atoms with E-state index in [1.165, 1.54) is 0 Å². The predicted octanol–water partition coefficient (Wildman–Crippen LogP) is 3.61. The van der Waals surface area contributed by atoms with E-state index < -0.39 is 0 Å². The summed E-state index contributed by atoms with van der Waals surface area (Å²) in [6, 6.07) is 11.5. The summed E-state index contributed by atoms with van der Waals surface area (Å²) in [5.74, 6) is 1.98. The van der Waals surface area contributed by atoms with Crippen molar-refractivity contribution in [3.8, 4) is 17.4 Å². The molecular formula is C27H36N4O4. The van der Waals surface area contributed by atoms with Gasteiger partial charge < -0.3 is 19.7 Å². The van der Waals surface area contributed by atoms with Crippen LogP contribution in [0.5, 0.6) is 17.4 Å². The van der Waals surface area contributed by atoms with Gasteiger partial charge in [0.2, 0.25) is 17.7 Å². The number of hydrogen-bond acceptors (Lipinski definition) is 6. The molecule has 0 saturated carbocycles. The number of pyridine rings is 1. The molecule has 188 valence electrons. The second kappa shape index (κ2) is 11.5. The van der Waals surface area contributed by atoms with Crippen molar-refractivity contribution in [3.63, 3.8) is 0 Å². The van der Waals surface area contributed by atoms with Gasteiger partial charge in [-0.2, -0.15) is 0 Å². The number of nitrogens with one attached hydrogen (secondary N) is 1. The Morgan fingerprint density at radius 1 is 1.11 bits per heavy atom. The third-order valence-corrected chi connectivity index (χ3v) is 6.49. The van der Waals surface area contributed by atoms with Gasteiger partial charge >= 0.3 is 0 Å². The van der Waals surface area contributed by atoms with Crippen molar-refractivity contribution < 1.29 is 19.1 Å². The van der Waals surface area contributed by atoms with Crippen LogP contribution in [0.3, 0.4) is 0 Å². The van der Waals surface area contributed by atoms with E-state index in [0.29, 0.717) is 50.0 Å². The van der Waals surface area contributed by atoms with E-state index in [-0.39, 0.29) is 23.8 Å². The van der Waals surface area contributed by atoms with Crippen LogP contribution < -0.4 is 14.8 Å². The topological polar surface area (TPSA) is 84.0 Å². The van der Waals surface area contributed by atoms with E-state index in [1.807, 2.05) is 41.3 Å². The SMILES string of the molecule is CC1(C)CCCN(CC(=O)NCCN2CCCC2=O)Cc2cccnc2Oc2ccccc2OC1. The minimum atomic E-state index is -0.0414. The molecule has 1 aromatic heterocycles. The fourth-order valence-corrected chi connectivity index (χ4v) is 4.51. The lowest BCUT2D eigenvalue weighted by molar-refractivity contribution is -0.128. The third-order valence-electron chi connectivity index (χ3n) is 6.49. The summed E-state index contributed by atoms with van der Waals surface area (Å²) in [5.41, 5.74) is 0.888. The molecule has 0 spiro atoms. The summed E-state index contributed by atoms with van der Waals surface area (Å²) in [7, 11) is 0. The number of aromatic nitrogens is 1. The number of carbonyl (C=O) groups is 2. The summed E-state index contributed by atoms with van der Waals surface area (Å²) >= 11 is 0. The standard InChI is InChI=1S/C27H36N4O4/c1-27(2)12-7-15-30(19-24(32)28-14-17-31-16-6-11-25(31)33)18-21-8-5-13-29-26(21)35-23-10-4-3-9-22(23)34-20-27/h3-5,8-10,13H,6-7,11-12,14-20H2,1-2H3,(H,28,32). The Balaban J connectivity index is 1.46. The highest BCUT2D eigenvalue weighted by Gasteiger charge is 2.23. The third kappa shape index (κ3) is 7.18. The van der Waals surface area contributed by atoms with Crippen molar-refractivity contribution in [3.05, 3.63) is 48.2 Å². The van der Waals surface area contributed by atoms with Gasteiger partial charge in [-0.3, -0.25) is 14.5 Å². The summed E-state index contributed by atoms with van der Waals surface area (Å²) in [4.78, 5) is 33.0. The number of fused-ring (bicyclic) bond motifs is 2. The van der Waals surface area contributed by atoms with E-state index in [1.54, 1.807) is 6.20 Å². The van der Waals surface area contributed by atoms with Crippen LogP contribution in [0.4, 0.5) is 0 Å². The van der Waals surface area contributed by atoms with Gasteiger partial charge in [0.25, 0.3) is 0 Å². The zero-order valence-corrected chi connectivity index (χ0v) is 20.8. The highest BCUT2D eigenvalue weighted by Crippen LogP contribution is 2.34. The first-order chi connectivity index (χ1) is 16.9. The number of ether oxygens (including phenoxy) is 2. The maximum absolute atomic E-state index is 12.8. The van der Waals surface area contributed by atoms with E-state index in [2.05, 4.69) is 29.0 Å². The second-order valence-corrected chi connectivity index (χ2v) is 10.1. The van der Waals surface area contributed by atoms with Gasteiger partial charge in [-0.15, -0.1) is 0 Å². The van der Waals surface area contributed by atoms with Crippen LogP contribution in [0.25, 0.3) is 0 Å². The minimum Gasteiger partial charge on any atom is -0.489 e. The maximum atomic E-state index is 12.8. The lowest BCUT2D eigenvalue weighted by Crippen LogP contribution is -2.41. The van der Waals surface area contributed by atoms with E-state index >= 15 is 0 Å². The normalized spacial score (nSPS) is 18.7. The molecule has 1 N–H and O–H groups in total. The largest absolute Gasteiger partial charge is 0.489 e. The molecule has 1 fully saturated rings. The number of hydrogen-bond donors (Lipinski definition) is 1. The summed E-state index contributed by atoms with van der Waals surface area (Å²) in [6.07, 6.45) is 5.13. The molecule has 2 aliphatic heterocycles. The van der Waals surface area contributed by atoms with Crippen LogP contribution in [0, 0.1) is 5.41 Å². The van der Waals surface area contributed by atoms with Crippen LogP contribution in [-0.4, -0.2) is 65.9 Å². The number of carbonyl (C=O) groups excluding carboxylic acids is 2. The smallest absolute Gasteiger partial charge is 0.234 e. The average molecular weight is 481 g/mol. The van der Waals surface area contributed by atoms with Crippen LogP contribution in [0.15, 0.2) is 42.6 Å². The van der Waals surface area contributed by atoms with Crippen molar-refractivity contribution >= 4 is 11.8 Å². The van der Waals surface area contributed by atoms with Gasteiger partial charge in [-0.25, -0.2) is 4.98 Å². The van der Waals surface area contributed by atoms with Crippen molar-refractivity contribution in [2.24, 2.45) is 5.41 Å². The highest BCUT2D eigenvalue weighted by molar-refractivity contribution is 5.79. The lowest BCUT2D eigenvalue weighted by atomic mass is 9.88. The van der Waals surface area contributed by atoms with Crippen molar-refractivity contribution in [1.82, 2.24) is 20.1 Å². The molecule has 2 aliphatic rings. The summed E-state index contributed by atoms with van der Waals surface area (Å²) in [6.45, 7) is 8.38. The Morgan fingerprint density at radius 3 is 2.74 bits per heavy atom. The zero-order valence-electron chi connectivity index (χ0n) is 20.8. The van der Waals surface area contributed by atoms with Gasteiger partial charge in [0.1, 0.15) is 0 Å². The van der Waals surface area contributed by atoms with Crippen LogP contribution >= 0.6 is 0 Å². The van der Waals surface area contributed by atoms with Crippen molar-refractivity contribution in [1.29, 1.82) is 0 Å². The molecule has 8 heteroatoms. The summed E-state index contributed by atoms with van der Waals surface area (Å²) in [5, 5.41) is 2.99.